The number of hydrogen-bond donors (Lipinski definition) is 3. The van der Waals surface area contributed by atoms with Gasteiger partial charge in [-0.15, -0.1) is 0 Å². The van der Waals surface area contributed by atoms with Crippen LogP contribution in [0.4, 0.5) is 4.79 Å². The van der Waals surface area contributed by atoms with Crippen molar-refractivity contribution in [1.82, 2.24) is 15.5 Å². The van der Waals surface area contributed by atoms with Gasteiger partial charge in [-0.3, -0.25) is 9.59 Å². The van der Waals surface area contributed by atoms with Gasteiger partial charge >= 0.3 is 12.0 Å². The summed E-state index contributed by atoms with van der Waals surface area (Å²) in [6.45, 7) is 5.46. The average molecular weight is 285 g/mol. The number of carboxylic acid groups (broad SMARTS) is 1. The predicted octanol–water partition coefficient (Wildman–Crippen LogP) is 0.407. The number of carboxylic acids is 1. The molecule has 1 fully saturated rings. The molecule has 0 aromatic rings. The van der Waals surface area contributed by atoms with Crippen LogP contribution in [0.2, 0.25) is 0 Å². The molecule has 0 aliphatic heterocycles. The van der Waals surface area contributed by atoms with E-state index in [4.69, 9.17) is 5.11 Å². The van der Waals surface area contributed by atoms with Crippen molar-refractivity contribution in [1.29, 1.82) is 0 Å². The topological polar surface area (TPSA) is 98.7 Å². The van der Waals surface area contributed by atoms with E-state index in [1.807, 2.05) is 20.8 Å². The van der Waals surface area contributed by atoms with Gasteiger partial charge in [0.05, 0.1) is 6.54 Å². The first-order valence-electron chi connectivity index (χ1n) is 6.73. The van der Waals surface area contributed by atoms with Gasteiger partial charge in [-0.1, -0.05) is 0 Å². The number of nitrogens with one attached hydrogen (secondary N) is 2. The van der Waals surface area contributed by atoms with Crippen LogP contribution in [0, 0.1) is 5.92 Å². The second-order valence-corrected chi connectivity index (χ2v) is 6.17. The fourth-order valence-corrected chi connectivity index (χ4v) is 1.72. The van der Waals surface area contributed by atoms with E-state index in [2.05, 4.69) is 10.6 Å². The van der Waals surface area contributed by atoms with Gasteiger partial charge in [0.25, 0.3) is 0 Å². The van der Waals surface area contributed by atoms with Crippen molar-refractivity contribution in [3.8, 4) is 0 Å². The lowest BCUT2D eigenvalue weighted by Gasteiger charge is -2.23. The molecule has 1 rings (SSSR count). The van der Waals surface area contributed by atoms with Gasteiger partial charge in [-0.05, 0) is 39.5 Å². The number of nitrogens with zero attached hydrogens (tertiary/aromatic N) is 1. The lowest BCUT2D eigenvalue weighted by Crippen LogP contribution is -2.49. The molecule has 114 valence electrons. The number of urea groups is 1. The Bertz CT molecular complexity index is 386. The van der Waals surface area contributed by atoms with Gasteiger partial charge in [0.2, 0.25) is 5.91 Å². The number of hydrogen-bond acceptors (Lipinski definition) is 3. The highest BCUT2D eigenvalue weighted by atomic mass is 16.4. The van der Waals surface area contributed by atoms with Gasteiger partial charge in [0.15, 0.2) is 0 Å². The van der Waals surface area contributed by atoms with Gasteiger partial charge in [0, 0.05) is 12.1 Å². The fourth-order valence-electron chi connectivity index (χ4n) is 1.72. The molecule has 7 heteroatoms. The van der Waals surface area contributed by atoms with Crippen molar-refractivity contribution < 1.29 is 19.5 Å². The summed E-state index contributed by atoms with van der Waals surface area (Å²) in [5.74, 6) is -0.962. The Morgan fingerprint density at radius 3 is 2.30 bits per heavy atom. The van der Waals surface area contributed by atoms with Crippen LogP contribution in [0.25, 0.3) is 0 Å². The molecule has 7 nitrogen and oxygen atoms in total. The van der Waals surface area contributed by atoms with E-state index in [1.165, 1.54) is 4.90 Å². The van der Waals surface area contributed by atoms with E-state index in [-0.39, 0.29) is 24.5 Å². The van der Waals surface area contributed by atoms with Crippen LogP contribution in [0.15, 0.2) is 0 Å². The third-order valence-corrected chi connectivity index (χ3v) is 2.70. The zero-order chi connectivity index (χ0) is 15.3. The molecule has 1 aliphatic rings. The molecule has 0 bridgehead atoms. The second-order valence-electron chi connectivity index (χ2n) is 6.17. The molecule has 1 aliphatic carbocycles. The summed E-state index contributed by atoms with van der Waals surface area (Å²) >= 11 is 0. The predicted molar refractivity (Wildman–Crippen MR) is 73.2 cm³/mol. The van der Waals surface area contributed by atoms with E-state index in [9.17, 15) is 14.4 Å². The molecule has 0 aromatic carbocycles. The van der Waals surface area contributed by atoms with Crippen LogP contribution in [0.3, 0.4) is 0 Å². The molecule has 0 atom stereocenters. The Balaban J connectivity index is 2.40. The van der Waals surface area contributed by atoms with Crippen LogP contribution >= 0.6 is 0 Å². The molecule has 3 N–H and O–H groups in total. The maximum absolute atomic E-state index is 11.9. The van der Waals surface area contributed by atoms with Gasteiger partial charge in [-0.25, -0.2) is 4.79 Å². The number of amides is 3. The third-order valence-electron chi connectivity index (χ3n) is 2.70. The molecule has 0 unspecified atom stereocenters. The second kappa shape index (κ2) is 6.58. The zero-order valence-electron chi connectivity index (χ0n) is 12.2. The highest BCUT2D eigenvalue weighted by Crippen LogP contribution is 2.29. The molecule has 0 heterocycles. The Hall–Kier alpha value is -1.79. The minimum absolute atomic E-state index is 0.156. The van der Waals surface area contributed by atoms with E-state index in [0.29, 0.717) is 12.5 Å². The van der Waals surface area contributed by atoms with Crippen LogP contribution in [0.5, 0.6) is 0 Å². The molecule has 0 spiro atoms. The smallest absolute Gasteiger partial charge is 0.323 e. The number of aliphatic carboxylic acids is 1. The van der Waals surface area contributed by atoms with E-state index in [0.717, 1.165) is 12.8 Å². The van der Waals surface area contributed by atoms with Crippen molar-refractivity contribution >= 4 is 17.9 Å². The summed E-state index contributed by atoms with van der Waals surface area (Å²) in [6.07, 6.45) is 2.04. The van der Waals surface area contributed by atoms with Crippen molar-refractivity contribution in [2.24, 2.45) is 5.92 Å². The minimum Gasteiger partial charge on any atom is -0.480 e. The first kappa shape index (κ1) is 16.3. The largest absolute Gasteiger partial charge is 0.480 e. The molecular formula is C13H23N3O4. The third kappa shape index (κ3) is 6.96. The van der Waals surface area contributed by atoms with Crippen LogP contribution < -0.4 is 10.6 Å². The number of rotatable bonds is 6. The Morgan fingerprint density at radius 1 is 1.25 bits per heavy atom. The van der Waals surface area contributed by atoms with Crippen molar-refractivity contribution in [3.63, 3.8) is 0 Å². The summed E-state index contributed by atoms with van der Waals surface area (Å²) in [7, 11) is 0. The highest BCUT2D eigenvalue weighted by molar-refractivity contribution is 5.85. The fraction of sp³-hybridized carbons (Fsp3) is 0.769. The molecule has 0 saturated heterocycles. The first-order valence-corrected chi connectivity index (χ1v) is 6.73. The van der Waals surface area contributed by atoms with E-state index in [1.54, 1.807) is 0 Å². The van der Waals surface area contributed by atoms with Crippen LogP contribution in [-0.4, -0.2) is 53.1 Å². The maximum atomic E-state index is 11.9. The maximum Gasteiger partial charge on any atom is 0.323 e. The Kier molecular flexibility index (Phi) is 5.35. The molecule has 20 heavy (non-hydrogen) atoms. The van der Waals surface area contributed by atoms with Gasteiger partial charge < -0.3 is 20.6 Å². The quantitative estimate of drug-likeness (QED) is 0.658. The summed E-state index contributed by atoms with van der Waals surface area (Å²) in [5.41, 5.74) is -0.365. The SMILES string of the molecule is CC(C)(C)NC(=O)CNC(=O)N(CC(=O)O)CC1CC1. The van der Waals surface area contributed by atoms with E-state index >= 15 is 0 Å². The first-order chi connectivity index (χ1) is 9.17. The monoisotopic (exact) mass is 285 g/mol. The van der Waals surface area contributed by atoms with Crippen LogP contribution in [0.1, 0.15) is 33.6 Å². The van der Waals surface area contributed by atoms with E-state index < -0.39 is 12.0 Å². The Labute approximate surface area is 118 Å². The lowest BCUT2D eigenvalue weighted by atomic mass is 10.1. The standard InChI is InChI=1S/C13H23N3O4/c1-13(2,3)15-10(17)6-14-12(20)16(8-11(18)19)7-9-4-5-9/h9H,4-8H2,1-3H3,(H,14,20)(H,15,17)(H,18,19). The molecule has 3 amide bonds. The normalized spacial score (nSPS) is 14.6. The van der Waals surface area contributed by atoms with Crippen molar-refractivity contribution in [2.75, 3.05) is 19.6 Å². The van der Waals surface area contributed by atoms with Crippen LogP contribution in [-0.2, 0) is 9.59 Å². The Morgan fingerprint density at radius 2 is 1.85 bits per heavy atom. The minimum atomic E-state index is -1.06. The van der Waals surface area contributed by atoms with Crippen molar-refractivity contribution in [2.45, 2.75) is 39.2 Å². The highest BCUT2D eigenvalue weighted by Gasteiger charge is 2.28. The summed E-state index contributed by atoms with van der Waals surface area (Å²) in [4.78, 5) is 35.4. The van der Waals surface area contributed by atoms with Gasteiger partial charge in [0.1, 0.15) is 6.54 Å². The molecular weight excluding hydrogens is 262 g/mol. The van der Waals surface area contributed by atoms with Crippen molar-refractivity contribution in [3.05, 3.63) is 0 Å². The number of carbonyl (C=O) groups excluding carboxylic acids is 2. The van der Waals surface area contributed by atoms with Gasteiger partial charge in [-0.2, -0.15) is 0 Å². The molecule has 0 aromatic heterocycles. The number of carbonyl (C=O) groups is 3. The molecule has 0 radical (unpaired) electrons. The summed E-state index contributed by atoms with van der Waals surface area (Å²) < 4.78 is 0. The zero-order valence-corrected chi connectivity index (χ0v) is 12.2. The lowest BCUT2D eigenvalue weighted by molar-refractivity contribution is -0.137. The molecule has 1 saturated carbocycles. The average Bonchev–Trinajstić information content (AvgIpc) is 3.05. The summed E-state index contributed by atoms with van der Waals surface area (Å²) in [6, 6.07) is -0.511. The summed E-state index contributed by atoms with van der Waals surface area (Å²) in [5, 5.41) is 14.0.